The van der Waals surface area contributed by atoms with E-state index in [1.807, 2.05) is 0 Å². The fourth-order valence-electron chi connectivity index (χ4n) is 2.20. The summed E-state index contributed by atoms with van der Waals surface area (Å²) in [6, 6.07) is 3.18. The second-order valence-corrected chi connectivity index (χ2v) is 4.86. The molecule has 6 nitrogen and oxygen atoms in total. The first kappa shape index (κ1) is 15.2. The van der Waals surface area contributed by atoms with Crippen molar-refractivity contribution in [2.75, 3.05) is 25.1 Å². The molecule has 0 radical (unpaired) electrons. The molecule has 0 saturated carbocycles. The molecular formula is C14H17FN2O4. The third-order valence-corrected chi connectivity index (χ3v) is 3.37. The number of aromatic carboxylic acids is 1. The number of hydrogen-bond donors (Lipinski definition) is 3. The van der Waals surface area contributed by atoms with Gasteiger partial charge < -0.3 is 20.5 Å². The number of carbonyl (C=O) groups excluding carboxylic acids is 1. The zero-order valence-electron chi connectivity index (χ0n) is 11.4. The Morgan fingerprint density at radius 1 is 1.33 bits per heavy atom. The van der Waals surface area contributed by atoms with E-state index in [0.29, 0.717) is 25.7 Å². The van der Waals surface area contributed by atoms with Crippen molar-refractivity contribution in [1.82, 2.24) is 5.32 Å². The molecule has 1 aromatic carbocycles. The van der Waals surface area contributed by atoms with Crippen LogP contribution >= 0.6 is 0 Å². The molecule has 0 bridgehead atoms. The summed E-state index contributed by atoms with van der Waals surface area (Å²) in [6.07, 6.45) is 1.75. The summed E-state index contributed by atoms with van der Waals surface area (Å²) in [4.78, 5) is 22.8. The van der Waals surface area contributed by atoms with Gasteiger partial charge in [0.1, 0.15) is 11.4 Å². The van der Waals surface area contributed by atoms with E-state index in [1.54, 1.807) is 0 Å². The highest BCUT2D eigenvalue weighted by molar-refractivity contribution is 6.00. The summed E-state index contributed by atoms with van der Waals surface area (Å²) >= 11 is 0. The van der Waals surface area contributed by atoms with E-state index in [2.05, 4.69) is 10.6 Å². The number of benzene rings is 1. The maximum Gasteiger partial charge on any atom is 0.340 e. The first-order chi connectivity index (χ1) is 10.1. The molecule has 1 fully saturated rings. The number of amides is 2. The summed E-state index contributed by atoms with van der Waals surface area (Å²) in [5.41, 5.74) is -0.606. The Morgan fingerprint density at radius 2 is 2.05 bits per heavy atom. The van der Waals surface area contributed by atoms with E-state index in [-0.39, 0.29) is 5.69 Å². The van der Waals surface area contributed by atoms with Crippen molar-refractivity contribution in [3.8, 4) is 0 Å². The molecule has 1 aliphatic rings. The minimum absolute atomic E-state index is 0.0630. The normalized spacial score (nSPS) is 15.5. The predicted molar refractivity (Wildman–Crippen MR) is 73.9 cm³/mol. The van der Waals surface area contributed by atoms with Crippen LogP contribution in [0.25, 0.3) is 0 Å². The van der Waals surface area contributed by atoms with Crippen molar-refractivity contribution < 1.29 is 23.8 Å². The number of anilines is 1. The molecule has 1 heterocycles. The number of carboxylic acids is 1. The van der Waals surface area contributed by atoms with Crippen LogP contribution in [0.1, 0.15) is 23.2 Å². The van der Waals surface area contributed by atoms with Gasteiger partial charge in [0, 0.05) is 19.8 Å². The Morgan fingerprint density at radius 3 is 2.71 bits per heavy atom. The minimum atomic E-state index is -1.42. The highest BCUT2D eigenvalue weighted by Crippen LogP contribution is 2.19. The summed E-state index contributed by atoms with van der Waals surface area (Å²) in [5, 5.41) is 14.0. The van der Waals surface area contributed by atoms with E-state index in [4.69, 9.17) is 9.84 Å². The number of urea groups is 1. The third-order valence-electron chi connectivity index (χ3n) is 3.37. The molecule has 3 N–H and O–H groups in total. The molecule has 1 aliphatic heterocycles. The van der Waals surface area contributed by atoms with Crippen molar-refractivity contribution in [3.63, 3.8) is 0 Å². The van der Waals surface area contributed by atoms with Gasteiger partial charge in [-0.25, -0.2) is 14.0 Å². The van der Waals surface area contributed by atoms with Crippen molar-refractivity contribution in [2.45, 2.75) is 12.8 Å². The minimum Gasteiger partial charge on any atom is -0.478 e. The highest BCUT2D eigenvalue weighted by atomic mass is 19.1. The zero-order valence-corrected chi connectivity index (χ0v) is 11.4. The SMILES string of the molecule is O=C(NCC1CCOCC1)Nc1cccc(F)c1C(=O)O. The lowest BCUT2D eigenvalue weighted by molar-refractivity contribution is 0.0670. The molecule has 0 aromatic heterocycles. The summed E-state index contributed by atoms with van der Waals surface area (Å²) in [6.45, 7) is 1.84. The van der Waals surface area contributed by atoms with Gasteiger partial charge in [-0.05, 0) is 30.9 Å². The van der Waals surface area contributed by atoms with Gasteiger partial charge in [0.15, 0.2) is 0 Å². The van der Waals surface area contributed by atoms with Crippen LogP contribution in [0.5, 0.6) is 0 Å². The second-order valence-electron chi connectivity index (χ2n) is 4.86. The lowest BCUT2D eigenvalue weighted by atomic mass is 10.0. The Hall–Kier alpha value is -2.15. The molecule has 114 valence electrons. The van der Waals surface area contributed by atoms with Crippen molar-refractivity contribution >= 4 is 17.7 Å². The van der Waals surface area contributed by atoms with Gasteiger partial charge in [-0.15, -0.1) is 0 Å². The van der Waals surface area contributed by atoms with Crippen LogP contribution in [-0.2, 0) is 4.74 Å². The van der Waals surface area contributed by atoms with E-state index < -0.39 is 23.4 Å². The topological polar surface area (TPSA) is 87.7 Å². The van der Waals surface area contributed by atoms with Crippen LogP contribution in [0.3, 0.4) is 0 Å². The number of halogens is 1. The first-order valence-corrected chi connectivity index (χ1v) is 6.72. The van der Waals surface area contributed by atoms with Crippen LogP contribution in [0.15, 0.2) is 18.2 Å². The monoisotopic (exact) mass is 296 g/mol. The van der Waals surface area contributed by atoms with E-state index >= 15 is 0 Å². The summed E-state index contributed by atoms with van der Waals surface area (Å²) < 4.78 is 18.7. The predicted octanol–water partition coefficient (Wildman–Crippen LogP) is 2.07. The average Bonchev–Trinajstić information content (AvgIpc) is 2.46. The molecule has 0 aliphatic carbocycles. The summed E-state index contributed by atoms with van der Waals surface area (Å²) in [7, 11) is 0. The van der Waals surface area contributed by atoms with Gasteiger partial charge in [0.2, 0.25) is 0 Å². The van der Waals surface area contributed by atoms with Crippen molar-refractivity contribution in [3.05, 3.63) is 29.6 Å². The quantitative estimate of drug-likeness (QED) is 0.793. The molecule has 0 atom stereocenters. The number of carbonyl (C=O) groups is 2. The lowest BCUT2D eigenvalue weighted by Gasteiger charge is -2.22. The smallest absolute Gasteiger partial charge is 0.340 e. The fraction of sp³-hybridized carbons (Fsp3) is 0.429. The molecule has 0 spiro atoms. The molecule has 1 saturated heterocycles. The number of ether oxygens (including phenoxy) is 1. The molecule has 1 aromatic rings. The maximum atomic E-state index is 13.5. The molecule has 2 amide bonds. The van der Waals surface area contributed by atoms with Gasteiger partial charge in [-0.3, -0.25) is 0 Å². The van der Waals surface area contributed by atoms with Gasteiger partial charge in [-0.2, -0.15) is 0 Å². The van der Waals surface area contributed by atoms with E-state index in [9.17, 15) is 14.0 Å². The van der Waals surface area contributed by atoms with Gasteiger partial charge >= 0.3 is 12.0 Å². The third kappa shape index (κ3) is 4.16. The van der Waals surface area contributed by atoms with Crippen LogP contribution < -0.4 is 10.6 Å². The van der Waals surface area contributed by atoms with Crippen LogP contribution in [-0.4, -0.2) is 36.9 Å². The Bertz CT molecular complexity index is 530. The van der Waals surface area contributed by atoms with Gasteiger partial charge in [0.05, 0.1) is 5.69 Å². The standard InChI is InChI=1S/C14H17FN2O4/c15-10-2-1-3-11(12(10)13(18)19)17-14(20)16-8-9-4-6-21-7-5-9/h1-3,9H,4-8H2,(H,18,19)(H2,16,17,20). The number of nitrogens with one attached hydrogen (secondary N) is 2. The average molecular weight is 296 g/mol. The van der Waals surface area contributed by atoms with Crippen LogP contribution in [0.2, 0.25) is 0 Å². The molecule has 7 heteroatoms. The maximum absolute atomic E-state index is 13.5. The Labute approximate surface area is 121 Å². The van der Waals surface area contributed by atoms with E-state index in [0.717, 1.165) is 18.9 Å². The van der Waals surface area contributed by atoms with Crippen LogP contribution in [0.4, 0.5) is 14.9 Å². The summed E-state index contributed by atoms with van der Waals surface area (Å²) in [5.74, 6) is -1.96. The highest BCUT2D eigenvalue weighted by Gasteiger charge is 2.18. The van der Waals surface area contributed by atoms with Crippen molar-refractivity contribution in [1.29, 1.82) is 0 Å². The molecule has 0 unspecified atom stereocenters. The van der Waals surface area contributed by atoms with E-state index in [1.165, 1.54) is 12.1 Å². The number of hydrogen-bond acceptors (Lipinski definition) is 3. The number of carboxylic acid groups (broad SMARTS) is 1. The van der Waals surface area contributed by atoms with Gasteiger partial charge in [0.25, 0.3) is 0 Å². The molecule has 21 heavy (non-hydrogen) atoms. The zero-order chi connectivity index (χ0) is 15.2. The largest absolute Gasteiger partial charge is 0.478 e. The molecular weight excluding hydrogens is 279 g/mol. The molecule has 2 rings (SSSR count). The Balaban J connectivity index is 1.93. The first-order valence-electron chi connectivity index (χ1n) is 6.72. The Kier molecular flexibility index (Phi) is 5.10. The van der Waals surface area contributed by atoms with Crippen LogP contribution in [0, 0.1) is 11.7 Å². The number of rotatable bonds is 4. The fourth-order valence-corrected chi connectivity index (χ4v) is 2.20. The van der Waals surface area contributed by atoms with Crippen molar-refractivity contribution in [2.24, 2.45) is 5.92 Å². The van der Waals surface area contributed by atoms with Gasteiger partial charge in [-0.1, -0.05) is 6.07 Å². The second kappa shape index (κ2) is 7.03. The lowest BCUT2D eigenvalue weighted by Crippen LogP contribution is -2.35.